The lowest BCUT2D eigenvalue weighted by molar-refractivity contribution is -0.939. The Balaban J connectivity index is 1.30. The van der Waals surface area contributed by atoms with Crippen molar-refractivity contribution in [2.75, 3.05) is 26.2 Å². The number of ketones is 1. The average molecular weight is 462 g/mol. The van der Waals surface area contributed by atoms with Gasteiger partial charge in [-0.05, 0) is 30.0 Å². The molecule has 1 aliphatic carbocycles. The number of pyridine rings is 1. The van der Waals surface area contributed by atoms with Crippen LogP contribution in [0.4, 0.5) is 0 Å². The number of hydrogen-bond acceptors (Lipinski definition) is 4. The Labute approximate surface area is 203 Å². The Morgan fingerprint density at radius 3 is 2.38 bits per heavy atom. The van der Waals surface area contributed by atoms with E-state index < -0.39 is 5.41 Å². The predicted octanol–water partition coefficient (Wildman–Crippen LogP) is 4.64. The van der Waals surface area contributed by atoms with Crippen LogP contribution >= 0.6 is 0 Å². The molecule has 4 fully saturated rings. The summed E-state index contributed by atoms with van der Waals surface area (Å²) in [6.45, 7) is 3.34. The standard InChI is InChI=1S/C29H37N2O3/c32-26(19-23-9-8-16-30-20-23)21-31-17-12-24(13-18-31)27(22-31)34-28(33)29(14-6-1-2-7-15-29)25-10-4-3-5-11-25/h3-5,8-11,16,20,24,27H,1-2,6-7,12-15,17-19,21-22H2/q+1/t24?,27-,31?/m0/s1. The lowest BCUT2D eigenvalue weighted by Crippen LogP contribution is -2.66. The van der Waals surface area contributed by atoms with Gasteiger partial charge in [-0.3, -0.25) is 14.6 Å². The van der Waals surface area contributed by atoms with Crippen molar-refractivity contribution in [1.29, 1.82) is 0 Å². The zero-order valence-corrected chi connectivity index (χ0v) is 20.2. The van der Waals surface area contributed by atoms with Crippen molar-refractivity contribution in [1.82, 2.24) is 4.98 Å². The number of Topliss-reactive ketones (excluding diaryl/α,β-unsaturated/α-hetero) is 1. The van der Waals surface area contributed by atoms with Crippen LogP contribution in [0.2, 0.25) is 0 Å². The van der Waals surface area contributed by atoms with Crippen molar-refractivity contribution >= 4 is 11.8 Å². The van der Waals surface area contributed by atoms with Crippen molar-refractivity contribution in [2.45, 2.75) is 69.3 Å². The molecule has 0 N–H and O–H groups in total. The lowest BCUT2D eigenvalue weighted by Gasteiger charge is -2.52. The molecule has 1 atom stereocenters. The third-order valence-corrected chi connectivity index (χ3v) is 8.61. The van der Waals surface area contributed by atoms with Crippen LogP contribution in [0.3, 0.4) is 0 Å². The first-order valence-corrected chi connectivity index (χ1v) is 13.1. The molecule has 1 saturated carbocycles. The van der Waals surface area contributed by atoms with Crippen molar-refractivity contribution in [3.05, 3.63) is 66.0 Å². The van der Waals surface area contributed by atoms with Gasteiger partial charge >= 0.3 is 5.97 Å². The summed E-state index contributed by atoms with van der Waals surface area (Å²) >= 11 is 0. The average Bonchev–Trinajstić information content (AvgIpc) is 3.13. The van der Waals surface area contributed by atoms with Crippen LogP contribution in [0.1, 0.15) is 62.5 Å². The molecule has 5 heteroatoms. The fourth-order valence-electron chi connectivity index (χ4n) is 6.69. The Bertz CT molecular complexity index is 975. The molecule has 5 nitrogen and oxygen atoms in total. The molecule has 0 amide bonds. The minimum Gasteiger partial charge on any atom is -0.455 e. The van der Waals surface area contributed by atoms with E-state index in [9.17, 15) is 9.59 Å². The number of esters is 1. The van der Waals surface area contributed by atoms with Crippen LogP contribution in [0.25, 0.3) is 0 Å². The fraction of sp³-hybridized carbons (Fsp3) is 0.552. The minimum absolute atomic E-state index is 0.0285. The topological polar surface area (TPSA) is 56.3 Å². The molecule has 34 heavy (non-hydrogen) atoms. The third-order valence-electron chi connectivity index (χ3n) is 8.61. The van der Waals surface area contributed by atoms with E-state index in [0.29, 0.717) is 18.9 Å². The van der Waals surface area contributed by atoms with Gasteiger partial charge in [-0.25, -0.2) is 0 Å². The quantitative estimate of drug-likeness (QED) is 0.343. The van der Waals surface area contributed by atoms with E-state index in [1.807, 2.05) is 30.3 Å². The van der Waals surface area contributed by atoms with E-state index in [1.165, 1.54) is 12.8 Å². The summed E-state index contributed by atoms with van der Waals surface area (Å²) in [5.41, 5.74) is 1.56. The van der Waals surface area contributed by atoms with Gasteiger partial charge in [0.25, 0.3) is 0 Å². The number of aromatic nitrogens is 1. The maximum atomic E-state index is 13.9. The van der Waals surface area contributed by atoms with Gasteiger partial charge in [-0.2, -0.15) is 0 Å². The van der Waals surface area contributed by atoms with Gasteiger partial charge in [-0.15, -0.1) is 0 Å². The molecule has 1 aromatic carbocycles. The van der Waals surface area contributed by atoms with Gasteiger partial charge in [-0.1, -0.05) is 62.1 Å². The molecule has 6 rings (SSSR count). The zero-order chi connectivity index (χ0) is 23.4. The van der Waals surface area contributed by atoms with Gasteiger partial charge in [0.15, 0.2) is 11.9 Å². The number of piperidine rings is 3. The highest BCUT2D eigenvalue weighted by molar-refractivity contribution is 5.83. The molecule has 3 aliphatic heterocycles. The number of ether oxygens (including phenoxy) is 1. The molecular weight excluding hydrogens is 424 g/mol. The highest BCUT2D eigenvalue weighted by Gasteiger charge is 2.50. The molecular formula is C29H37N2O3+. The number of fused-ring (bicyclic) bond motifs is 3. The number of hydrogen-bond donors (Lipinski definition) is 0. The largest absolute Gasteiger partial charge is 0.455 e. The second kappa shape index (κ2) is 9.99. The fourth-order valence-corrected chi connectivity index (χ4v) is 6.69. The number of carbonyl (C=O) groups excluding carboxylic acids is 2. The van der Waals surface area contributed by atoms with Crippen LogP contribution in [0.5, 0.6) is 0 Å². The molecule has 1 aromatic heterocycles. The van der Waals surface area contributed by atoms with Gasteiger partial charge in [0.1, 0.15) is 13.1 Å². The molecule has 0 unspecified atom stereocenters. The SMILES string of the molecule is O=C(Cc1cccnc1)C[N+]12CCC(CC1)[C@@H](OC(=O)C1(c3ccccc3)CCCCCC1)C2. The molecule has 0 radical (unpaired) electrons. The van der Waals surface area contributed by atoms with E-state index in [0.717, 1.165) is 73.8 Å². The summed E-state index contributed by atoms with van der Waals surface area (Å²) in [6.07, 6.45) is 12.2. The summed E-state index contributed by atoms with van der Waals surface area (Å²) < 4.78 is 7.20. The Kier molecular flexibility index (Phi) is 6.82. The van der Waals surface area contributed by atoms with Gasteiger partial charge < -0.3 is 9.22 Å². The van der Waals surface area contributed by atoms with Crippen LogP contribution in [0, 0.1) is 5.92 Å². The number of rotatable bonds is 7. The van der Waals surface area contributed by atoms with Gasteiger partial charge in [0.2, 0.25) is 0 Å². The first kappa shape index (κ1) is 23.2. The van der Waals surface area contributed by atoms with Gasteiger partial charge in [0, 0.05) is 37.6 Å². The van der Waals surface area contributed by atoms with E-state index >= 15 is 0 Å². The van der Waals surface area contributed by atoms with Crippen molar-refractivity contribution in [2.24, 2.45) is 5.92 Å². The first-order valence-electron chi connectivity index (χ1n) is 13.1. The minimum atomic E-state index is -0.523. The molecule has 4 heterocycles. The smallest absolute Gasteiger partial charge is 0.317 e. The third kappa shape index (κ3) is 4.81. The second-order valence-corrected chi connectivity index (χ2v) is 10.8. The highest BCUT2D eigenvalue weighted by Crippen LogP contribution is 2.42. The van der Waals surface area contributed by atoms with Crippen molar-refractivity contribution in [3.63, 3.8) is 0 Å². The number of carbonyl (C=O) groups is 2. The summed E-state index contributed by atoms with van der Waals surface area (Å²) in [5, 5.41) is 0. The number of quaternary nitrogens is 1. The molecule has 4 aliphatic rings. The summed E-state index contributed by atoms with van der Waals surface area (Å²) in [5.74, 6) is 0.651. The van der Waals surface area contributed by atoms with Crippen LogP contribution < -0.4 is 0 Å². The molecule has 2 aromatic rings. The molecule has 3 saturated heterocycles. The number of benzene rings is 1. The summed E-state index contributed by atoms with van der Waals surface area (Å²) in [7, 11) is 0. The van der Waals surface area contributed by atoms with E-state index in [4.69, 9.17) is 4.74 Å². The van der Waals surface area contributed by atoms with Gasteiger partial charge in [0.05, 0.1) is 18.5 Å². The summed E-state index contributed by atoms with van der Waals surface area (Å²) in [4.78, 5) is 31.0. The van der Waals surface area contributed by atoms with Crippen molar-refractivity contribution in [3.8, 4) is 0 Å². The Morgan fingerprint density at radius 2 is 1.71 bits per heavy atom. The van der Waals surface area contributed by atoms with Crippen LogP contribution in [-0.4, -0.2) is 53.5 Å². The highest BCUT2D eigenvalue weighted by atomic mass is 16.5. The van der Waals surface area contributed by atoms with Crippen molar-refractivity contribution < 1.29 is 18.8 Å². The summed E-state index contributed by atoms with van der Waals surface area (Å²) in [6, 6.07) is 14.2. The predicted molar refractivity (Wildman–Crippen MR) is 131 cm³/mol. The second-order valence-electron chi connectivity index (χ2n) is 10.8. The van der Waals surface area contributed by atoms with E-state index in [1.54, 1.807) is 12.4 Å². The first-order chi connectivity index (χ1) is 16.6. The van der Waals surface area contributed by atoms with Crippen LogP contribution in [0.15, 0.2) is 54.9 Å². The lowest BCUT2D eigenvalue weighted by atomic mass is 9.74. The Hall–Kier alpha value is -2.53. The van der Waals surface area contributed by atoms with E-state index in [-0.39, 0.29) is 17.9 Å². The molecule has 2 bridgehead atoms. The Morgan fingerprint density at radius 1 is 0.971 bits per heavy atom. The van der Waals surface area contributed by atoms with E-state index in [2.05, 4.69) is 17.1 Å². The van der Waals surface area contributed by atoms with Crippen LogP contribution in [-0.2, 0) is 26.2 Å². The monoisotopic (exact) mass is 461 g/mol. The normalized spacial score (nSPS) is 28.1. The maximum absolute atomic E-state index is 13.9. The maximum Gasteiger partial charge on any atom is 0.317 e. The molecule has 0 spiro atoms. The number of nitrogens with zero attached hydrogens (tertiary/aromatic N) is 2. The zero-order valence-electron chi connectivity index (χ0n) is 20.2. The molecule has 180 valence electrons.